The van der Waals surface area contributed by atoms with E-state index in [-0.39, 0.29) is 24.0 Å². The fourth-order valence-electron chi connectivity index (χ4n) is 3.06. The first-order valence-electron chi connectivity index (χ1n) is 7.60. The van der Waals surface area contributed by atoms with E-state index in [1.54, 1.807) is 0 Å². The SMILES string of the molecule is COC(=O)CC[C@@H]1CC[C@H](C(=O)OC)N1Cc1ccccc1. The summed E-state index contributed by atoms with van der Waals surface area (Å²) in [5.74, 6) is -0.405. The Morgan fingerprint density at radius 3 is 2.50 bits per heavy atom. The number of hydrogen-bond acceptors (Lipinski definition) is 5. The molecule has 1 fully saturated rings. The van der Waals surface area contributed by atoms with Crippen LogP contribution in [0.25, 0.3) is 0 Å². The Hall–Kier alpha value is -1.88. The van der Waals surface area contributed by atoms with E-state index in [9.17, 15) is 9.59 Å². The van der Waals surface area contributed by atoms with Crippen LogP contribution < -0.4 is 0 Å². The zero-order valence-corrected chi connectivity index (χ0v) is 13.2. The third-order valence-corrected chi connectivity index (χ3v) is 4.23. The van der Waals surface area contributed by atoms with E-state index in [4.69, 9.17) is 9.47 Å². The van der Waals surface area contributed by atoms with Gasteiger partial charge in [0.1, 0.15) is 6.04 Å². The minimum absolute atomic E-state index is 0.198. The van der Waals surface area contributed by atoms with Gasteiger partial charge in [-0.25, -0.2) is 0 Å². The lowest BCUT2D eigenvalue weighted by molar-refractivity contribution is -0.146. The van der Waals surface area contributed by atoms with Crippen LogP contribution >= 0.6 is 0 Å². The number of carbonyl (C=O) groups excluding carboxylic acids is 2. The topological polar surface area (TPSA) is 55.8 Å². The molecule has 120 valence electrons. The maximum absolute atomic E-state index is 12.0. The molecule has 0 aromatic heterocycles. The summed E-state index contributed by atoms with van der Waals surface area (Å²) in [6.07, 6.45) is 2.74. The quantitative estimate of drug-likeness (QED) is 0.754. The third-order valence-electron chi connectivity index (χ3n) is 4.23. The van der Waals surface area contributed by atoms with Crippen LogP contribution in [0, 0.1) is 0 Å². The molecule has 22 heavy (non-hydrogen) atoms. The Bertz CT molecular complexity index is 503. The molecular weight excluding hydrogens is 282 g/mol. The number of esters is 2. The Morgan fingerprint density at radius 1 is 1.14 bits per heavy atom. The molecule has 0 aliphatic carbocycles. The summed E-state index contributed by atoms with van der Waals surface area (Å²) in [5.41, 5.74) is 1.15. The first-order chi connectivity index (χ1) is 10.7. The second kappa shape index (κ2) is 7.94. The van der Waals surface area contributed by atoms with Gasteiger partial charge in [-0.1, -0.05) is 30.3 Å². The predicted molar refractivity (Wildman–Crippen MR) is 82.1 cm³/mol. The van der Waals surface area contributed by atoms with Crippen LogP contribution in [0.15, 0.2) is 30.3 Å². The molecule has 1 saturated heterocycles. The Kier molecular flexibility index (Phi) is 5.95. The molecule has 0 N–H and O–H groups in total. The second-order valence-electron chi connectivity index (χ2n) is 5.54. The first-order valence-corrected chi connectivity index (χ1v) is 7.60. The number of methoxy groups -OCH3 is 2. The lowest BCUT2D eigenvalue weighted by atomic mass is 10.1. The highest BCUT2D eigenvalue weighted by atomic mass is 16.5. The largest absolute Gasteiger partial charge is 0.469 e. The highest BCUT2D eigenvalue weighted by Crippen LogP contribution is 2.30. The smallest absolute Gasteiger partial charge is 0.323 e. The average molecular weight is 305 g/mol. The van der Waals surface area contributed by atoms with E-state index >= 15 is 0 Å². The molecule has 0 unspecified atom stereocenters. The van der Waals surface area contributed by atoms with Gasteiger partial charge in [0.15, 0.2) is 0 Å². The zero-order valence-electron chi connectivity index (χ0n) is 13.2. The summed E-state index contributed by atoms with van der Waals surface area (Å²) in [5, 5.41) is 0. The van der Waals surface area contributed by atoms with Crippen molar-refractivity contribution in [2.75, 3.05) is 14.2 Å². The Morgan fingerprint density at radius 2 is 1.86 bits per heavy atom. The van der Waals surface area contributed by atoms with Crippen molar-refractivity contribution in [2.45, 2.75) is 44.3 Å². The maximum atomic E-state index is 12.0. The molecule has 1 aliphatic heterocycles. The molecule has 5 nitrogen and oxygen atoms in total. The van der Waals surface area contributed by atoms with Gasteiger partial charge >= 0.3 is 11.9 Å². The fraction of sp³-hybridized carbons (Fsp3) is 0.529. The van der Waals surface area contributed by atoms with Crippen LogP contribution in [-0.2, 0) is 25.6 Å². The van der Waals surface area contributed by atoms with Crippen molar-refractivity contribution in [3.63, 3.8) is 0 Å². The van der Waals surface area contributed by atoms with Gasteiger partial charge in [-0.15, -0.1) is 0 Å². The highest BCUT2D eigenvalue weighted by molar-refractivity contribution is 5.76. The van der Waals surface area contributed by atoms with Crippen molar-refractivity contribution in [3.05, 3.63) is 35.9 Å². The lowest BCUT2D eigenvalue weighted by Gasteiger charge is -2.28. The Labute approximate surface area is 131 Å². The van der Waals surface area contributed by atoms with Gasteiger partial charge in [-0.3, -0.25) is 14.5 Å². The molecule has 0 amide bonds. The minimum Gasteiger partial charge on any atom is -0.469 e. The number of carbonyl (C=O) groups is 2. The summed E-state index contributed by atoms with van der Waals surface area (Å²) >= 11 is 0. The van der Waals surface area contributed by atoms with E-state index in [0.29, 0.717) is 19.4 Å². The molecule has 1 aliphatic rings. The molecule has 2 rings (SSSR count). The van der Waals surface area contributed by atoms with Crippen LogP contribution in [-0.4, -0.2) is 43.1 Å². The van der Waals surface area contributed by atoms with Crippen LogP contribution in [0.2, 0.25) is 0 Å². The molecule has 5 heteroatoms. The molecule has 0 radical (unpaired) electrons. The van der Waals surface area contributed by atoms with Gasteiger partial charge in [0.2, 0.25) is 0 Å². The molecule has 1 aromatic carbocycles. The number of nitrogens with zero attached hydrogens (tertiary/aromatic N) is 1. The molecule has 0 saturated carbocycles. The maximum Gasteiger partial charge on any atom is 0.323 e. The number of rotatable bonds is 6. The number of ether oxygens (including phenoxy) is 2. The Balaban J connectivity index is 2.07. The van der Waals surface area contributed by atoms with Crippen molar-refractivity contribution in [2.24, 2.45) is 0 Å². The molecule has 2 atom stereocenters. The van der Waals surface area contributed by atoms with Crippen molar-refractivity contribution in [3.8, 4) is 0 Å². The standard InChI is InChI=1S/C17H23NO4/c1-21-16(19)11-9-14-8-10-15(17(20)22-2)18(14)12-13-6-4-3-5-7-13/h3-7,14-15H,8-12H2,1-2H3/t14-,15+/m0/s1. The van der Waals surface area contributed by atoms with Crippen molar-refractivity contribution >= 4 is 11.9 Å². The minimum atomic E-state index is -0.229. The van der Waals surface area contributed by atoms with Gasteiger partial charge in [0, 0.05) is 19.0 Å². The molecular formula is C17H23NO4. The summed E-state index contributed by atoms with van der Waals surface area (Å²) in [6.45, 7) is 0.687. The van der Waals surface area contributed by atoms with E-state index in [2.05, 4.69) is 4.90 Å². The van der Waals surface area contributed by atoms with E-state index < -0.39 is 0 Å². The molecule has 0 bridgehead atoms. The van der Waals surface area contributed by atoms with Gasteiger partial charge < -0.3 is 9.47 Å². The number of hydrogen-bond donors (Lipinski definition) is 0. The summed E-state index contributed by atoms with van der Waals surface area (Å²) < 4.78 is 9.63. The van der Waals surface area contributed by atoms with E-state index in [0.717, 1.165) is 18.4 Å². The normalized spacial score (nSPS) is 21.5. The van der Waals surface area contributed by atoms with E-state index in [1.807, 2.05) is 30.3 Å². The average Bonchev–Trinajstić information content (AvgIpc) is 2.95. The predicted octanol–water partition coefficient (Wildman–Crippen LogP) is 2.15. The molecule has 1 aromatic rings. The number of benzene rings is 1. The first kappa shape index (κ1) is 16.5. The fourth-order valence-corrected chi connectivity index (χ4v) is 3.06. The lowest BCUT2D eigenvalue weighted by Crippen LogP contribution is -2.41. The van der Waals surface area contributed by atoms with Gasteiger partial charge in [0.25, 0.3) is 0 Å². The van der Waals surface area contributed by atoms with Gasteiger partial charge in [0.05, 0.1) is 14.2 Å². The zero-order chi connectivity index (χ0) is 15.9. The van der Waals surface area contributed by atoms with Crippen LogP contribution in [0.1, 0.15) is 31.2 Å². The van der Waals surface area contributed by atoms with Crippen LogP contribution in [0.3, 0.4) is 0 Å². The molecule has 1 heterocycles. The monoisotopic (exact) mass is 305 g/mol. The van der Waals surface area contributed by atoms with Gasteiger partial charge in [-0.2, -0.15) is 0 Å². The summed E-state index contributed by atoms with van der Waals surface area (Å²) in [7, 11) is 2.82. The van der Waals surface area contributed by atoms with Crippen molar-refractivity contribution in [1.29, 1.82) is 0 Å². The summed E-state index contributed by atoms with van der Waals surface area (Å²) in [4.78, 5) is 25.5. The van der Waals surface area contributed by atoms with E-state index in [1.165, 1.54) is 14.2 Å². The van der Waals surface area contributed by atoms with Crippen molar-refractivity contribution < 1.29 is 19.1 Å². The highest BCUT2D eigenvalue weighted by Gasteiger charge is 2.38. The van der Waals surface area contributed by atoms with Crippen molar-refractivity contribution in [1.82, 2.24) is 4.90 Å². The van der Waals surface area contributed by atoms with Gasteiger partial charge in [-0.05, 0) is 24.8 Å². The van der Waals surface area contributed by atoms with Crippen LogP contribution in [0.5, 0.6) is 0 Å². The third kappa shape index (κ3) is 4.07. The van der Waals surface area contributed by atoms with Crippen LogP contribution in [0.4, 0.5) is 0 Å². The summed E-state index contributed by atoms with van der Waals surface area (Å²) in [6, 6.07) is 10.0. The second-order valence-corrected chi connectivity index (χ2v) is 5.54. The molecule has 0 spiro atoms. The number of likely N-dealkylation sites (tertiary alicyclic amines) is 1.